The maximum atomic E-state index is 12.2. The fourth-order valence-electron chi connectivity index (χ4n) is 2.91. The highest BCUT2D eigenvalue weighted by Crippen LogP contribution is 2.27. The minimum absolute atomic E-state index is 0.0175. The van der Waals surface area contributed by atoms with Crippen molar-refractivity contribution >= 4 is 16.8 Å². The van der Waals surface area contributed by atoms with E-state index >= 15 is 0 Å². The van der Waals surface area contributed by atoms with Crippen molar-refractivity contribution in [1.82, 2.24) is 15.1 Å². The molecule has 0 radical (unpaired) electrons. The molecule has 0 saturated heterocycles. The van der Waals surface area contributed by atoms with Crippen LogP contribution in [-0.4, -0.2) is 29.9 Å². The van der Waals surface area contributed by atoms with Crippen LogP contribution in [0, 0.1) is 6.92 Å². The number of hydrogen-bond acceptors (Lipinski definition) is 4. The summed E-state index contributed by atoms with van der Waals surface area (Å²) in [4.78, 5) is 12.2. The Hall–Kier alpha value is -3.02. The summed E-state index contributed by atoms with van der Waals surface area (Å²) in [5.74, 6) is 1.30. The quantitative estimate of drug-likeness (QED) is 0.709. The van der Waals surface area contributed by atoms with E-state index < -0.39 is 0 Å². The molecule has 1 aromatic heterocycles. The molecular formula is C20H23N3O3. The first-order valence-corrected chi connectivity index (χ1v) is 8.51. The summed E-state index contributed by atoms with van der Waals surface area (Å²) < 4.78 is 12.4. The van der Waals surface area contributed by atoms with Crippen LogP contribution in [0.5, 0.6) is 11.5 Å². The maximum absolute atomic E-state index is 12.2. The van der Waals surface area contributed by atoms with Gasteiger partial charge >= 0.3 is 0 Å². The lowest BCUT2D eigenvalue weighted by Crippen LogP contribution is -2.24. The van der Waals surface area contributed by atoms with Gasteiger partial charge in [-0.1, -0.05) is 18.2 Å². The Morgan fingerprint density at radius 1 is 1.15 bits per heavy atom. The fourth-order valence-corrected chi connectivity index (χ4v) is 2.91. The number of ether oxygens (including phenoxy) is 2. The molecule has 0 bridgehead atoms. The number of rotatable bonds is 7. The molecule has 0 unspecified atom stereocenters. The van der Waals surface area contributed by atoms with Crippen molar-refractivity contribution < 1.29 is 14.3 Å². The van der Waals surface area contributed by atoms with E-state index in [2.05, 4.69) is 23.4 Å². The monoisotopic (exact) mass is 353 g/mol. The van der Waals surface area contributed by atoms with Crippen molar-refractivity contribution in [3.63, 3.8) is 0 Å². The fraction of sp³-hybridized carbons (Fsp3) is 0.300. The number of carbonyl (C=O) groups excluding carboxylic acids is 1. The Labute approximate surface area is 152 Å². The lowest BCUT2D eigenvalue weighted by atomic mass is 10.1. The number of fused-ring (bicyclic) bond motifs is 1. The number of methoxy groups -OCH3 is 2. The predicted molar refractivity (Wildman–Crippen MR) is 100 cm³/mol. The van der Waals surface area contributed by atoms with E-state index in [1.807, 2.05) is 41.2 Å². The summed E-state index contributed by atoms with van der Waals surface area (Å²) in [7, 11) is 3.19. The molecule has 26 heavy (non-hydrogen) atoms. The number of aryl methyl sites for hydroxylation is 2. The molecule has 0 aliphatic heterocycles. The summed E-state index contributed by atoms with van der Waals surface area (Å²) in [6.45, 7) is 3.05. The minimum atomic E-state index is -0.0175. The highest BCUT2D eigenvalue weighted by molar-refractivity contribution is 5.82. The molecule has 1 N–H and O–H groups in total. The number of benzene rings is 2. The van der Waals surface area contributed by atoms with Crippen LogP contribution < -0.4 is 14.8 Å². The molecule has 136 valence electrons. The summed E-state index contributed by atoms with van der Waals surface area (Å²) in [6, 6.07) is 11.7. The van der Waals surface area contributed by atoms with Crippen molar-refractivity contribution in [2.24, 2.45) is 0 Å². The zero-order valence-corrected chi connectivity index (χ0v) is 15.3. The standard InChI is InChI=1S/C20H23N3O3/c1-14-5-4-6-17-16(14)13-22-23(17)10-9-20(24)21-12-15-7-8-18(25-2)19(11-15)26-3/h4-8,11,13H,9-10,12H2,1-3H3,(H,21,24). The Kier molecular flexibility index (Phi) is 5.41. The van der Waals surface area contributed by atoms with Crippen LogP contribution in [0.4, 0.5) is 0 Å². The lowest BCUT2D eigenvalue weighted by Gasteiger charge is -2.10. The summed E-state index contributed by atoms with van der Waals surface area (Å²) in [5.41, 5.74) is 3.19. The van der Waals surface area contributed by atoms with Crippen molar-refractivity contribution in [3.05, 3.63) is 53.7 Å². The zero-order chi connectivity index (χ0) is 18.5. The van der Waals surface area contributed by atoms with Crippen molar-refractivity contribution in [2.75, 3.05) is 14.2 Å². The number of hydrogen-bond donors (Lipinski definition) is 1. The highest BCUT2D eigenvalue weighted by atomic mass is 16.5. The summed E-state index contributed by atoms with van der Waals surface area (Å²) in [6.07, 6.45) is 2.23. The van der Waals surface area contributed by atoms with Gasteiger partial charge in [-0.05, 0) is 36.2 Å². The SMILES string of the molecule is COc1ccc(CNC(=O)CCn2ncc3c(C)cccc32)cc1OC. The second kappa shape index (κ2) is 7.91. The van der Waals surface area contributed by atoms with Crippen LogP contribution in [-0.2, 0) is 17.9 Å². The van der Waals surface area contributed by atoms with Gasteiger partial charge in [0.1, 0.15) is 0 Å². The van der Waals surface area contributed by atoms with Gasteiger partial charge in [-0.25, -0.2) is 0 Å². The molecule has 6 nitrogen and oxygen atoms in total. The number of carbonyl (C=O) groups is 1. The van der Waals surface area contributed by atoms with Gasteiger partial charge in [-0.15, -0.1) is 0 Å². The number of nitrogens with one attached hydrogen (secondary N) is 1. The zero-order valence-electron chi connectivity index (χ0n) is 15.3. The Bertz CT molecular complexity index is 918. The first kappa shape index (κ1) is 17.8. The van der Waals surface area contributed by atoms with E-state index in [0.717, 1.165) is 16.5 Å². The van der Waals surface area contributed by atoms with Gasteiger partial charge in [0.05, 0.1) is 32.5 Å². The topological polar surface area (TPSA) is 65.4 Å². The molecule has 0 atom stereocenters. The van der Waals surface area contributed by atoms with Crippen LogP contribution >= 0.6 is 0 Å². The van der Waals surface area contributed by atoms with Gasteiger partial charge in [0.15, 0.2) is 11.5 Å². The molecule has 0 aliphatic carbocycles. The van der Waals surface area contributed by atoms with Crippen molar-refractivity contribution in [1.29, 1.82) is 0 Å². The molecule has 0 spiro atoms. The van der Waals surface area contributed by atoms with Gasteiger partial charge in [0, 0.05) is 18.4 Å². The summed E-state index contributed by atoms with van der Waals surface area (Å²) in [5, 5.41) is 8.45. The second-order valence-corrected chi connectivity index (χ2v) is 6.09. The normalized spacial score (nSPS) is 10.7. The van der Waals surface area contributed by atoms with E-state index in [9.17, 15) is 4.79 Å². The van der Waals surface area contributed by atoms with Crippen LogP contribution in [0.15, 0.2) is 42.6 Å². The summed E-state index contributed by atoms with van der Waals surface area (Å²) >= 11 is 0. The minimum Gasteiger partial charge on any atom is -0.493 e. The number of aromatic nitrogens is 2. The third-order valence-corrected chi connectivity index (χ3v) is 4.39. The molecule has 3 rings (SSSR count). The van der Waals surface area contributed by atoms with Gasteiger partial charge in [0.25, 0.3) is 0 Å². The third-order valence-electron chi connectivity index (χ3n) is 4.39. The average Bonchev–Trinajstić information content (AvgIpc) is 3.09. The van der Waals surface area contributed by atoms with E-state index in [0.29, 0.717) is 31.0 Å². The van der Waals surface area contributed by atoms with E-state index in [4.69, 9.17) is 9.47 Å². The van der Waals surface area contributed by atoms with Crippen molar-refractivity contribution in [3.8, 4) is 11.5 Å². The molecule has 0 saturated carbocycles. The smallest absolute Gasteiger partial charge is 0.222 e. The number of nitrogens with zero attached hydrogens (tertiary/aromatic N) is 2. The first-order chi connectivity index (χ1) is 12.6. The lowest BCUT2D eigenvalue weighted by molar-refractivity contribution is -0.121. The number of amides is 1. The van der Waals surface area contributed by atoms with Crippen LogP contribution in [0.3, 0.4) is 0 Å². The van der Waals surface area contributed by atoms with Gasteiger partial charge in [0.2, 0.25) is 5.91 Å². The van der Waals surface area contributed by atoms with Crippen molar-refractivity contribution in [2.45, 2.75) is 26.4 Å². The molecule has 6 heteroatoms. The van der Waals surface area contributed by atoms with Crippen LogP contribution in [0.1, 0.15) is 17.5 Å². The van der Waals surface area contributed by atoms with Gasteiger partial charge in [-0.3, -0.25) is 9.48 Å². The van der Waals surface area contributed by atoms with Gasteiger partial charge in [-0.2, -0.15) is 5.10 Å². The highest BCUT2D eigenvalue weighted by Gasteiger charge is 2.08. The van der Waals surface area contributed by atoms with E-state index in [1.54, 1.807) is 14.2 Å². The van der Waals surface area contributed by atoms with Crippen LogP contribution in [0.25, 0.3) is 10.9 Å². The molecule has 0 aliphatic rings. The molecule has 0 fully saturated rings. The molecular weight excluding hydrogens is 330 g/mol. The molecule has 2 aromatic carbocycles. The second-order valence-electron chi connectivity index (χ2n) is 6.09. The molecule has 1 amide bonds. The Balaban J connectivity index is 1.57. The molecule has 1 heterocycles. The predicted octanol–water partition coefficient (Wildman–Crippen LogP) is 3.07. The first-order valence-electron chi connectivity index (χ1n) is 8.51. The Morgan fingerprint density at radius 3 is 2.73 bits per heavy atom. The largest absolute Gasteiger partial charge is 0.493 e. The average molecular weight is 353 g/mol. The van der Waals surface area contributed by atoms with E-state index in [1.165, 1.54) is 5.56 Å². The third kappa shape index (κ3) is 3.79. The van der Waals surface area contributed by atoms with Gasteiger partial charge < -0.3 is 14.8 Å². The van der Waals surface area contributed by atoms with Crippen LogP contribution in [0.2, 0.25) is 0 Å². The maximum Gasteiger partial charge on any atom is 0.222 e. The van der Waals surface area contributed by atoms with E-state index in [-0.39, 0.29) is 5.91 Å². The molecule has 3 aromatic rings. The Morgan fingerprint density at radius 2 is 1.96 bits per heavy atom.